The van der Waals surface area contributed by atoms with Gasteiger partial charge in [0.2, 0.25) is 5.95 Å². The molecule has 1 saturated carbocycles. The molecule has 7 heteroatoms. The molecule has 4 rings (SSSR count). The van der Waals surface area contributed by atoms with Crippen LogP contribution in [0.5, 0.6) is 0 Å². The molecule has 1 aromatic heterocycles. The summed E-state index contributed by atoms with van der Waals surface area (Å²) < 4.78 is 12.4. The van der Waals surface area contributed by atoms with E-state index in [4.69, 9.17) is 0 Å². The summed E-state index contributed by atoms with van der Waals surface area (Å²) in [5.41, 5.74) is 3.23. The molecule has 2 unspecified atom stereocenters. The second-order valence-electron chi connectivity index (χ2n) is 8.27. The van der Waals surface area contributed by atoms with Crippen LogP contribution in [-0.2, 0) is 17.2 Å². The zero-order chi connectivity index (χ0) is 20.4. The van der Waals surface area contributed by atoms with Crippen molar-refractivity contribution in [1.29, 1.82) is 0 Å². The zero-order valence-electron chi connectivity index (χ0n) is 17.2. The first kappa shape index (κ1) is 20.3. The van der Waals surface area contributed by atoms with Gasteiger partial charge < -0.3 is 15.7 Å². The molecule has 2 heterocycles. The number of aromatic nitrogens is 2. The van der Waals surface area contributed by atoms with Crippen molar-refractivity contribution in [2.24, 2.45) is 0 Å². The van der Waals surface area contributed by atoms with Gasteiger partial charge in [-0.05, 0) is 44.1 Å². The van der Waals surface area contributed by atoms with Crippen molar-refractivity contribution in [2.45, 2.75) is 62.3 Å². The summed E-state index contributed by atoms with van der Waals surface area (Å²) in [7, 11) is -1.07. The maximum atomic E-state index is 12.4. The van der Waals surface area contributed by atoms with Crippen molar-refractivity contribution in [3.63, 3.8) is 0 Å². The number of hydrogen-bond acceptors (Lipinski definition) is 6. The Morgan fingerprint density at radius 2 is 2.14 bits per heavy atom. The summed E-state index contributed by atoms with van der Waals surface area (Å²) in [6.45, 7) is 5.19. The summed E-state index contributed by atoms with van der Waals surface area (Å²) in [6.07, 6.45) is 4.61. The Balaban J connectivity index is 1.47. The molecule has 0 bridgehead atoms. The number of fused-ring (bicyclic) bond motifs is 1. The molecule has 2 atom stereocenters. The van der Waals surface area contributed by atoms with Crippen molar-refractivity contribution < 1.29 is 9.32 Å². The minimum atomic E-state index is -1.07. The molecule has 0 radical (unpaired) electrons. The van der Waals surface area contributed by atoms with Gasteiger partial charge in [0.1, 0.15) is 10.7 Å². The largest absolute Gasteiger partial charge is 0.394 e. The average Bonchev–Trinajstić information content (AvgIpc) is 3.39. The van der Waals surface area contributed by atoms with Gasteiger partial charge in [0.05, 0.1) is 28.6 Å². The number of rotatable bonds is 9. The molecule has 0 spiro atoms. The first-order chi connectivity index (χ1) is 14.0. The molecule has 156 valence electrons. The lowest BCUT2D eigenvalue weighted by Gasteiger charge is -2.19. The van der Waals surface area contributed by atoms with Crippen LogP contribution in [0.25, 0.3) is 0 Å². The Kier molecular flexibility index (Phi) is 5.88. The lowest BCUT2D eigenvalue weighted by molar-refractivity contribution is 0.265. The van der Waals surface area contributed by atoms with E-state index in [0.29, 0.717) is 29.9 Å². The van der Waals surface area contributed by atoms with E-state index in [9.17, 15) is 9.32 Å². The first-order valence-corrected chi connectivity index (χ1v) is 11.8. The highest BCUT2D eigenvalue weighted by molar-refractivity contribution is 7.85. The number of aryl methyl sites for hydroxylation is 2. The molecule has 2 aromatic rings. The van der Waals surface area contributed by atoms with Gasteiger partial charge in [-0.25, -0.2) is 4.98 Å². The van der Waals surface area contributed by atoms with Gasteiger partial charge in [0, 0.05) is 18.7 Å². The Labute approximate surface area is 175 Å². The fourth-order valence-corrected chi connectivity index (χ4v) is 5.28. The lowest BCUT2D eigenvalue weighted by atomic mass is 9.92. The molecule has 3 N–H and O–H groups in total. The molecule has 2 aliphatic rings. The van der Waals surface area contributed by atoms with Crippen molar-refractivity contribution in [2.75, 3.05) is 29.5 Å². The van der Waals surface area contributed by atoms with Crippen LogP contribution in [0.4, 0.5) is 11.8 Å². The highest BCUT2D eigenvalue weighted by atomic mass is 32.2. The number of benzene rings is 1. The number of aliphatic hydroxyl groups excluding tert-OH is 1. The number of nitrogens with one attached hydrogen (secondary N) is 2. The second-order valence-corrected chi connectivity index (χ2v) is 9.78. The lowest BCUT2D eigenvalue weighted by Crippen LogP contribution is -2.27. The number of nitrogens with zero attached hydrogens (tertiary/aromatic N) is 2. The fraction of sp³-hybridized carbons (Fsp3) is 0.545. The highest BCUT2D eigenvalue weighted by Crippen LogP contribution is 2.40. The molecule has 1 aliphatic heterocycles. The number of anilines is 2. The van der Waals surface area contributed by atoms with E-state index >= 15 is 0 Å². The van der Waals surface area contributed by atoms with Gasteiger partial charge in [-0.3, -0.25) is 4.21 Å². The van der Waals surface area contributed by atoms with Crippen molar-refractivity contribution in [3.05, 3.63) is 41.1 Å². The molecular formula is C22H30N4O2S. The van der Waals surface area contributed by atoms with Crippen molar-refractivity contribution in [3.8, 4) is 0 Å². The monoisotopic (exact) mass is 414 g/mol. The van der Waals surface area contributed by atoms with E-state index in [1.54, 1.807) is 0 Å². The molecule has 1 aromatic carbocycles. The second kappa shape index (κ2) is 8.40. The van der Waals surface area contributed by atoms with E-state index < -0.39 is 10.8 Å². The van der Waals surface area contributed by atoms with Crippen molar-refractivity contribution >= 4 is 22.6 Å². The third-order valence-electron chi connectivity index (χ3n) is 6.01. The average molecular weight is 415 g/mol. The van der Waals surface area contributed by atoms with Crippen LogP contribution in [0.1, 0.15) is 55.3 Å². The third-order valence-corrected chi connectivity index (χ3v) is 7.47. The van der Waals surface area contributed by atoms with Crippen LogP contribution in [0.2, 0.25) is 0 Å². The zero-order valence-corrected chi connectivity index (χ0v) is 18.0. The maximum absolute atomic E-state index is 12.4. The molecule has 6 nitrogen and oxygen atoms in total. The van der Waals surface area contributed by atoms with E-state index in [1.165, 1.54) is 11.1 Å². The molecule has 1 fully saturated rings. The Morgan fingerprint density at radius 3 is 2.83 bits per heavy atom. The molecule has 0 saturated heterocycles. The van der Waals surface area contributed by atoms with Gasteiger partial charge in [-0.1, -0.05) is 36.8 Å². The summed E-state index contributed by atoms with van der Waals surface area (Å²) in [6, 6.07) is 8.72. The van der Waals surface area contributed by atoms with Gasteiger partial charge in [-0.15, -0.1) is 0 Å². The Bertz CT molecular complexity index is 914. The third kappa shape index (κ3) is 4.46. The Morgan fingerprint density at radius 1 is 1.31 bits per heavy atom. The van der Waals surface area contributed by atoms with E-state index in [-0.39, 0.29) is 12.1 Å². The fourth-order valence-electron chi connectivity index (χ4n) is 3.97. The summed E-state index contributed by atoms with van der Waals surface area (Å²) in [5.74, 6) is 2.30. The molecule has 0 amide bonds. The van der Waals surface area contributed by atoms with Crippen LogP contribution in [0, 0.1) is 6.92 Å². The minimum absolute atomic E-state index is 0.0653. The summed E-state index contributed by atoms with van der Waals surface area (Å²) in [4.78, 5) is 10.00. The predicted octanol–water partition coefficient (Wildman–Crippen LogP) is 3.38. The van der Waals surface area contributed by atoms with Gasteiger partial charge >= 0.3 is 0 Å². The van der Waals surface area contributed by atoms with Crippen LogP contribution in [0.3, 0.4) is 0 Å². The minimum Gasteiger partial charge on any atom is -0.394 e. The van der Waals surface area contributed by atoms with Gasteiger partial charge in [0.25, 0.3) is 0 Å². The summed E-state index contributed by atoms with van der Waals surface area (Å²) >= 11 is 0. The predicted molar refractivity (Wildman–Crippen MR) is 117 cm³/mol. The quantitative estimate of drug-likeness (QED) is 0.583. The topological polar surface area (TPSA) is 87.1 Å². The SMILES string of the molecule is CCC(CCNc1nc2c(c(NC3(CO)CC3)n1)S(=O)CC2)c1cccc(C)c1. The molecule has 29 heavy (non-hydrogen) atoms. The van der Waals surface area contributed by atoms with Gasteiger partial charge in [-0.2, -0.15) is 4.98 Å². The van der Waals surface area contributed by atoms with E-state index in [1.807, 2.05) is 0 Å². The van der Waals surface area contributed by atoms with Gasteiger partial charge in [0.15, 0.2) is 0 Å². The summed E-state index contributed by atoms with van der Waals surface area (Å²) in [5, 5.41) is 16.4. The Hall–Kier alpha value is -1.99. The van der Waals surface area contributed by atoms with Crippen LogP contribution < -0.4 is 10.6 Å². The molecule has 1 aliphatic carbocycles. The number of aliphatic hydroxyl groups is 1. The maximum Gasteiger partial charge on any atom is 0.224 e. The highest BCUT2D eigenvalue weighted by Gasteiger charge is 2.43. The molecular weight excluding hydrogens is 384 g/mol. The standard InChI is InChI=1S/C22H30N4O2S/c1-3-16(17-6-4-5-15(2)13-17)7-11-23-21-24-18-8-12-29(28)19(18)20(25-21)26-22(14-27)9-10-22/h4-6,13,16,27H,3,7-12,14H2,1-2H3,(H2,23,24,25,26). The normalized spacial score (nSPS) is 20.2. The van der Waals surface area contributed by atoms with Crippen LogP contribution in [0.15, 0.2) is 29.2 Å². The van der Waals surface area contributed by atoms with E-state index in [2.05, 4.69) is 58.7 Å². The van der Waals surface area contributed by atoms with Crippen LogP contribution >= 0.6 is 0 Å². The van der Waals surface area contributed by atoms with Crippen molar-refractivity contribution in [1.82, 2.24) is 9.97 Å². The smallest absolute Gasteiger partial charge is 0.224 e. The van der Waals surface area contributed by atoms with E-state index in [0.717, 1.165) is 42.8 Å². The number of hydrogen-bond donors (Lipinski definition) is 3. The first-order valence-electron chi connectivity index (χ1n) is 10.5. The van der Waals surface area contributed by atoms with Crippen LogP contribution in [-0.4, -0.2) is 43.7 Å².